The Hall–Kier alpha value is -2.14. The van der Waals surface area contributed by atoms with Crippen LogP contribution in [0.1, 0.15) is 41.1 Å². The van der Waals surface area contributed by atoms with Crippen molar-refractivity contribution in [1.29, 1.82) is 0 Å². The SMILES string of the molecule is CCC(NC(=O)c1cc(Cl)c[nH]c1=O)c1cccc(C)n1. The van der Waals surface area contributed by atoms with Gasteiger partial charge in [-0.3, -0.25) is 14.6 Å². The van der Waals surface area contributed by atoms with Crippen LogP contribution in [0.15, 0.2) is 35.3 Å². The minimum atomic E-state index is -0.469. The van der Waals surface area contributed by atoms with E-state index < -0.39 is 11.5 Å². The number of H-pyrrole nitrogens is 1. The van der Waals surface area contributed by atoms with Crippen LogP contribution in [-0.2, 0) is 0 Å². The average Bonchev–Trinajstić information content (AvgIpc) is 2.47. The number of hydrogen-bond acceptors (Lipinski definition) is 3. The fourth-order valence-electron chi connectivity index (χ4n) is 2.01. The first kappa shape index (κ1) is 15.3. The number of aromatic amines is 1. The highest BCUT2D eigenvalue weighted by Gasteiger charge is 2.17. The Morgan fingerprint density at radius 3 is 2.90 bits per heavy atom. The van der Waals surface area contributed by atoms with Crippen molar-refractivity contribution in [3.63, 3.8) is 0 Å². The second-order valence-corrected chi connectivity index (χ2v) is 5.14. The van der Waals surface area contributed by atoms with Gasteiger partial charge in [-0.2, -0.15) is 0 Å². The Labute approximate surface area is 127 Å². The first-order valence-corrected chi connectivity index (χ1v) is 7.01. The van der Waals surface area contributed by atoms with E-state index in [9.17, 15) is 9.59 Å². The van der Waals surface area contributed by atoms with Crippen molar-refractivity contribution in [3.05, 3.63) is 62.8 Å². The zero-order valence-corrected chi connectivity index (χ0v) is 12.6. The summed E-state index contributed by atoms with van der Waals surface area (Å²) in [5.41, 5.74) is 1.17. The molecule has 0 saturated heterocycles. The van der Waals surface area contributed by atoms with E-state index in [1.54, 1.807) is 0 Å². The highest BCUT2D eigenvalue weighted by molar-refractivity contribution is 6.30. The number of carbonyl (C=O) groups is 1. The predicted octanol–water partition coefficient (Wildman–Crippen LogP) is 2.61. The van der Waals surface area contributed by atoms with E-state index in [2.05, 4.69) is 15.3 Å². The van der Waals surface area contributed by atoms with Gasteiger partial charge in [-0.15, -0.1) is 0 Å². The van der Waals surface area contributed by atoms with E-state index in [-0.39, 0.29) is 11.6 Å². The van der Waals surface area contributed by atoms with Gasteiger partial charge in [0.05, 0.1) is 16.8 Å². The van der Waals surface area contributed by atoms with Crippen LogP contribution >= 0.6 is 11.6 Å². The third kappa shape index (κ3) is 3.70. The molecule has 2 aromatic heterocycles. The number of carbonyl (C=O) groups excluding carboxylic acids is 1. The van der Waals surface area contributed by atoms with Crippen molar-refractivity contribution in [2.24, 2.45) is 0 Å². The maximum Gasteiger partial charge on any atom is 0.260 e. The Kier molecular flexibility index (Phi) is 4.75. The molecule has 2 rings (SSSR count). The lowest BCUT2D eigenvalue weighted by molar-refractivity contribution is 0.0933. The van der Waals surface area contributed by atoms with Crippen molar-refractivity contribution in [3.8, 4) is 0 Å². The maximum absolute atomic E-state index is 12.2. The van der Waals surface area contributed by atoms with Crippen molar-refractivity contribution < 1.29 is 4.79 Å². The minimum absolute atomic E-state index is 0.00592. The van der Waals surface area contributed by atoms with Crippen molar-refractivity contribution in [2.75, 3.05) is 0 Å². The largest absolute Gasteiger partial charge is 0.343 e. The summed E-state index contributed by atoms with van der Waals surface area (Å²) in [6.45, 7) is 3.83. The van der Waals surface area contributed by atoms with Gasteiger partial charge in [0.1, 0.15) is 5.56 Å². The van der Waals surface area contributed by atoms with Crippen LogP contribution < -0.4 is 10.9 Å². The molecule has 2 aromatic rings. The second-order valence-electron chi connectivity index (χ2n) is 4.70. The number of rotatable bonds is 4. The summed E-state index contributed by atoms with van der Waals surface area (Å²) in [5.74, 6) is -0.464. The number of amides is 1. The van der Waals surface area contributed by atoms with Gasteiger partial charge in [0, 0.05) is 11.9 Å². The molecule has 5 nitrogen and oxygen atoms in total. The van der Waals surface area contributed by atoms with Crippen LogP contribution in [0.3, 0.4) is 0 Å². The molecule has 6 heteroatoms. The van der Waals surface area contributed by atoms with Crippen LogP contribution in [-0.4, -0.2) is 15.9 Å². The minimum Gasteiger partial charge on any atom is -0.343 e. The maximum atomic E-state index is 12.2. The zero-order valence-electron chi connectivity index (χ0n) is 11.8. The first-order chi connectivity index (χ1) is 10.0. The Morgan fingerprint density at radius 2 is 2.24 bits per heavy atom. The standard InChI is InChI=1S/C15H16ClN3O2/c1-3-12(13-6-4-5-9(2)18-13)19-15(21)11-7-10(16)8-17-14(11)20/h4-8,12H,3H2,1-2H3,(H,17,20)(H,19,21). The molecule has 1 unspecified atom stereocenters. The number of aryl methyl sites for hydroxylation is 1. The van der Waals surface area contributed by atoms with Gasteiger partial charge in [0.25, 0.3) is 11.5 Å². The summed E-state index contributed by atoms with van der Waals surface area (Å²) >= 11 is 5.81. The lowest BCUT2D eigenvalue weighted by atomic mass is 10.1. The van der Waals surface area contributed by atoms with Gasteiger partial charge in [-0.05, 0) is 31.5 Å². The van der Waals surface area contributed by atoms with Crippen LogP contribution in [0.5, 0.6) is 0 Å². The third-order valence-electron chi connectivity index (χ3n) is 3.09. The smallest absolute Gasteiger partial charge is 0.260 e. The quantitative estimate of drug-likeness (QED) is 0.911. The molecule has 0 aliphatic rings. The topological polar surface area (TPSA) is 74.8 Å². The number of aromatic nitrogens is 2. The molecule has 0 bridgehead atoms. The third-order valence-corrected chi connectivity index (χ3v) is 3.31. The summed E-state index contributed by atoms with van der Waals surface area (Å²) in [5, 5.41) is 3.12. The number of nitrogens with one attached hydrogen (secondary N) is 2. The molecule has 0 aliphatic heterocycles. The monoisotopic (exact) mass is 305 g/mol. The van der Waals surface area contributed by atoms with Crippen molar-refractivity contribution in [1.82, 2.24) is 15.3 Å². The number of hydrogen-bond donors (Lipinski definition) is 2. The van der Waals surface area contributed by atoms with E-state index in [1.165, 1.54) is 12.3 Å². The van der Waals surface area contributed by atoms with Gasteiger partial charge in [0.2, 0.25) is 0 Å². The van der Waals surface area contributed by atoms with Crippen molar-refractivity contribution >= 4 is 17.5 Å². The molecule has 1 amide bonds. The molecule has 2 N–H and O–H groups in total. The summed E-state index contributed by atoms with van der Waals surface area (Å²) in [7, 11) is 0. The summed E-state index contributed by atoms with van der Waals surface area (Å²) in [4.78, 5) is 30.7. The molecule has 1 atom stereocenters. The lowest BCUT2D eigenvalue weighted by Crippen LogP contribution is -2.32. The molecule has 0 saturated carbocycles. The fourth-order valence-corrected chi connectivity index (χ4v) is 2.17. The van der Waals surface area contributed by atoms with Crippen LogP contribution in [0.2, 0.25) is 5.02 Å². The predicted molar refractivity (Wildman–Crippen MR) is 81.5 cm³/mol. The molecule has 110 valence electrons. The molecule has 2 heterocycles. The van der Waals surface area contributed by atoms with Crippen LogP contribution in [0.25, 0.3) is 0 Å². The number of pyridine rings is 2. The van der Waals surface area contributed by atoms with Gasteiger partial charge < -0.3 is 10.3 Å². The first-order valence-electron chi connectivity index (χ1n) is 6.64. The summed E-state index contributed by atoms with van der Waals surface area (Å²) in [6.07, 6.45) is 2.01. The molecule has 21 heavy (non-hydrogen) atoms. The average molecular weight is 306 g/mol. The van der Waals surface area contributed by atoms with E-state index in [0.717, 1.165) is 11.4 Å². The molecular formula is C15H16ClN3O2. The Balaban J connectivity index is 2.24. The molecule has 0 aliphatic carbocycles. The molecule has 0 spiro atoms. The second kappa shape index (κ2) is 6.54. The van der Waals surface area contributed by atoms with E-state index >= 15 is 0 Å². The van der Waals surface area contributed by atoms with Gasteiger partial charge in [-0.25, -0.2) is 0 Å². The van der Waals surface area contributed by atoms with E-state index in [1.807, 2.05) is 32.0 Å². The van der Waals surface area contributed by atoms with E-state index in [4.69, 9.17) is 11.6 Å². The number of halogens is 1. The van der Waals surface area contributed by atoms with Crippen LogP contribution in [0, 0.1) is 6.92 Å². The van der Waals surface area contributed by atoms with Gasteiger partial charge >= 0.3 is 0 Å². The van der Waals surface area contributed by atoms with Crippen molar-refractivity contribution in [2.45, 2.75) is 26.3 Å². The van der Waals surface area contributed by atoms with Crippen LogP contribution in [0.4, 0.5) is 0 Å². The molecule has 0 aromatic carbocycles. The highest BCUT2D eigenvalue weighted by Crippen LogP contribution is 2.15. The summed E-state index contributed by atoms with van der Waals surface area (Å²) in [6, 6.07) is 6.73. The zero-order chi connectivity index (χ0) is 15.4. The Morgan fingerprint density at radius 1 is 1.48 bits per heavy atom. The van der Waals surface area contributed by atoms with Gasteiger partial charge in [-0.1, -0.05) is 24.6 Å². The molecular weight excluding hydrogens is 290 g/mol. The lowest BCUT2D eigenvalue weighted by Gasteiger charge is -2.16. The normalized spacial score (nSPS) is 12.0. The van der Waals surface area contributed by atoms with Gasteiger partial charge in [0.15, 0.2) is 0 Å². The molecule has 0 radical (unpaired) electrons. The number of nitrogens with zero attached hydrogens (tertiary/aromatic N) is 1. The fraction of sp³-hybridized carbons (Fsp3) is 0.267. The molecule has 0 fully saturated rings. The Bertz CT molecular complexity index is 712. The highest BCUT2D eigenvalue weighted by atomic mass is 35.5. The van der Waals surface area contributed by atoms with E-state index in [0.29, 0.717) is 11.4 Å². The summed E-state index contributed by atoms with van der Waals surface area (Å²) < 4.78 is 0.